The van der Waals surface area contributed by atoms with Crippen molar-refractivity contribution in [3.05, 3.63) is 0 Å². The summed E-state index contributed by atoms with van der Waals surface area (Å²) in [5.41, 5.74) is 0. The van der Waals surface area contributed by atoms with Gasteiger partial charge in [0.2, 0.25) is 0 Å². The number of esters is 4. The molecule has 0 aromatic rings. The molecule has 116 heavy (non-hydrogen) atoms. The summed E-state index contributed by atoms with van der Waals surface area (Å²) < 4.78 is 69.3. The van der Waals surface area contributed by atoms with Gasteiger partial charge in [0.15, 0.2) is 12.2 Å². The second-order valence-corrected chi connectivity index (χ2v) is 38.9. The van der Waals surface area contributed by atoms with Gasteiger partial charge in [-0.2, -0.15) is 0 Å². The lowest BCUT2D eigenvalue weighted by atomic mass is 9.99. The fraction of sp³-hybridized carbons (Fsp3) is 0.959. The van der Waals surface area contributed by atoms with Crippen molar-refractivity contribution in [2.24, 2.45) is 17.8 Å². The molecule has 690 valence electrons. The second-order valence-electron chi connectivity index (χ2n) is 36.0. The maximum Gasteiger partial charge on any atom is 0.472 e. The molecule has 0 aromatic carbocycles. The molecule has 6 atom stereocenters. The van der Waals surface area contributed by atoms with Crippen LogP contribution in [0.4, 0.5) is 0 Å². The van der Waals surface area contributed by atoms with Gasteiger partial charge in [0, 0.05) is 25.7 Å². The van der Waals surface area contributed by atoms with Crippen LogP contribution in [-0.2, 0) is 65.4 Å². The maximum absolute atomic E-state index is 13.2. The highest BCUT2D eigenvalue weighted by Gasteiger charge is 2.31. The van der Waals surface area contributed by atoms with E-state index in [0.29, 0.717) is 25.7 Å². The largest absolute Gasteiger partial charge is 0.472 e. The minimum atomic E-state index is -4.97. The molecule has 0 heterocycles. The molecule has 0 radical (unpaired) electrons. The zero-order chi connectivity index (χ0) is 85.0. The fourth-order valence-corrected chi connectivity index (χ4v) is 16.9. The van der Waals surface area contributed by atoms with E-state index in [0.717, 1.165) is 108 Å². The number of ether oxygens (including phenoxy) is 4. The van der Waals surface area contributed by atoms with Crippen molar-refractivity contribution in [2.45, 2.75) is 542 Å². The van der Waals surface area contributed by atoms with Gasteiger partial charge in [-0.3, -0.25) is 37.3 Å². The van der Waals surface area contributed by atoms with Crippen LogP contribution in [-0.4, -0.2) is 96.7 Å². The summed E-state index contributed by atoms with van der Waals surface area (Å²) in [6.07, 6.45) is 82.2. The zero-order valence-electron chi connectivity index (χ0n) is 77.0. The number of carbonyl (C=O) groups excluding carboxylic acids is 4. The number of phosphoric ester groups is 2. The van der Waals surface area contributed by atoms with Crippen LogP contribution < -0.4 is 0 Å². The summed E-state index contributed by atoms with van der Waals surface area (Å²) >= 11 is 0. The molecule has 3 N–H and O–H groups in total. The Labute approximate surface area is 715 Å². The lowest BCUT2D eigenvalue weighted by molar-refractivity contribution is -0.161. The van der Waals surface area contributed by atoms with Gasteiger partial charge in [-0.25, -0.2) is 9.13 Å². The SMILES string of the molecule is CCCCCCCCCCCCCCCCCCCCCCCCC(=O)O[C@H](COC(=O)CCCCCCCCCCCCCCCCCCCCC(C)C)COP(=O)(O)OC[C@@H](O)COP(=O)(O)OC[C@@H](COC(=O)CCCCCCCCCCC(C)CC)OC(=O)CCCCCCCCCCCCCCCCCCCCC(C)C. The molecule has 0 rings (SSSR count). The monoisotopic (exact) mass is 1690 g/mol. The Bertz CT molecular complexity index is 2220. The van der Waals surface area contributed by atoms with Gasteiger partial charge in [0.25, 0.3) is 0 Å². The maximum atomic E-state index is 13.2. The number of phosphoric acid groups is 2. The number of rotatable bonds is 95. The average Bonchev–Trinajstić information content (AvgIpc) is 0.898. The predicted octanol–water partition coefficient (Wildman–Crippen LogP) is 30.4. The Balaban J connectivity index is 5.24. The summed E-state index contributed by atoms with van der Waals surface area (Å²) in [7, 11) is -9.95. The van der Waals surface area contributed by atoms with Crippen molar-refractivity contribution >= 4 is 39.5 Å². The normalized spacial score (nSPS) is 13.9. The van der Waals surface area contributed by atoms with Crippen molar-refractivity contribution in [3.8, 4) is 0 Å². The molecule has 0 bridgehead atoms. The number of unbranched alkanes of at least 4 members (excludes halogenated alkanes) is 62. The third kappa shape index (κ3) is 88.4. The number of hydrogen-bond acceptors (Lipinski definition) is 15. The summed E-state index contributed by atoms with van der Waals surface area (Å²) in [4.78, 5) is 73.6. The highest BCUT2D eigenvalue weighted by atomic mass is 31.2. The molecular weight excluding hydrogens is 1500 g/mol. The van der Waals surface area contributed by atoms with Gasteiger partial charge in [-0.05, 0) is 43.4 Å². The third-order valence-corrected chi connectivity index (χ3v) is 25.1. The van der Waals surface area contributed by atoms with Crippen LogP contribution in [0.2, 0.25) is 0 Å². The van der Waals surface area contributed by atoms with E-state index in [1.54, 1.807) is 0 Å². The molecule has 17 nitrogen and oxygen atoms in total. The molecule has 0 fully saturated rings. The van der Waals surface area contributed by atoms with Gasteiger partial charge < -0.3 is 33.8 Å². The smallest absolute Gasteiger partial charge is 0.462 e. The summed E-state index contributed by atoms with van der Waals surface area (Å²) in [6.45, 7) is 12.1. The first-order chi connectivity index (χ1) is 56.3. The van der Waals surface area contributed by atoms with Crippen LogP contribution >= 0.6 is 15.6 Å². The molecule has 0 spiro atoms. The number of hydrogen-bond donors (Lipinski definition) is 3. The van der Waals surface area contributed by atoms with E-state index in [1.807, 2.05) is 0 Å². The highest BCUT2D eigenvalue weighted by Crippen LogP contribution is 2.45. The topological polar surface area (TPSA) is 237 Å². The van der Waals surface area contributed by atoms with Crippen LogP contribution in [0, 0.1) is 17.8 Å². The predicted molar refractivity (Wildman–Crippen MR) is 483 cm³/mol. The van der Waals surface area contributed by atoms with Gasteiger partial charge in [0.1, 0.15) is 19.3 Å². The minimum Gasteiger partial charge on any atom is -0.462 e. The first-order valence-corrected chi connectivity index (χ1v) is 52.9. The Kier molecular flexibility index (Phi) is 85.1. The average molecular weight is 1690 g/mol. The first kappa shape index (κ1) is 114. The summed E-state index contributed by atoms with van der Waals surface area (Å²) in [6, 6.07) is 0. The minimum absolute atomic E-state index is 0.108. The van der Waals surface area contributed by atoms with E-state index in [2.05, 4.69) is 48.5 Å². The lowest BCUT2D eigenvalue weighted by Crippen LogP contribution is -2.30. The molecule has 0 saturated carbocycles. The van der Waals surface area contributed by atoms with Crippen LogP contribution in [0.25, 0.3) is 0 Å². The molecule has 0 aliphatic carbocycles. The standard InChI is InChI=1S/C97H190O17P2/c1-8-10-11-12-13-14-15-16-17-18-19-20-21-22-30-35-40-45-50-59-66-73-80-96(101)113-92(84-107-94(99)78-71-64-57-49-44-39-34-29-25-23-27-32-37-42-47-54-61-68-75-88(3)4)86-111-115(103,104)109-82-91(98)83-110-116(105,106)112-87-93(85-108-95(100)79-72-65-58-53-52-56-63-70-77-90(7)9-2)114-97(102)81-74-67-60-51-46-41-36-31-26-24-28-33-38-43-48-55-62-69-76-89(5)6/h88-93,98H,8-87H2,1-7H3,(H,103,104)(H,105,106)/t90?,91-,92-,93-/m1/s1. The van der Waals surface area contributed by atoms with E-state index in [1.165, 1.54) is 334 Å². The van der Waals surface area contributed by atoms with Crippen molar-refractivity contribution in [1.29, 1.82) is 0 Å². The molecule has 0 aliphatic rings. The number of aliphatic hydroxyl groups is 1. The zero-order valence-corrected chi connectivity index (χ0v) is 78.8. The molecule has 0 amide bonds. The Morgan fingerprint density at radius 1 is 0.250 bits per heavy atom. The quantitative estimate of drug-likeness (QED) is 0.0222. The molecular formula is C97H190O17P2. The Morgan fingerprint density at radius 3 is 0.655 bits per heavy atom. The van der Waals surface area contributed by atoms with Crippen LogP contribution in [0.15, 0.2) is 0 Å². The van der Waals surface area contributed by atoms with Gasteiger partial charge >= 0.3 is 39.5 Å². The van der Waals surface area contributed by atoms with E-state index < -0.39 is 97.5 Å². The molecule has 19 heteroatoms. The first-order valence-electron chi connectivity index (χ1n) is 49.9. The van der Waals surface area contributed by atoms with Crippen LogP contribution in [0.5, 0.6) is 0 Å². The number of carbonyl (C=O) groups is 4. The van der Waals surface area contributed by atoms with E-state index in [9.17, 15) is 43.2 Å². The van der Waals surface area contributed by atoms with E-state index in [4.69, 9.17) is 37.0 Å². The lowest BCUT2D eigenvalue weighted by Gasteiger charge is -2.21. The number of aliphatic hydroxyl groups excluding tert-OH is 1. The molecule has 3 unspecified atom stereocenters. The third-order valence-electron chi connectivity index (χ3n) is 23.2. The van der Waals surface area contributed by atoms with Crippen molar-refractivity contribution in [3.63, 3.8) is 0 Å². The van der Waals surface area contributed by atoms with Gasteiger partial charge in [0.05, 0.1) is 26.4 Å². The van der Waals surface area contributed by atoms with Crippen LogP contribution in [0.1, 0.15) is 524 Å². The second kappa shape index (κ2) is 86.6. The fourth-order valence-electron chi connectivity index (χ4n) is 15.3. The summed E-state index contributed by atoms with van der Waals surface area (Å²) in [5, 5.41) is 10.7. The van der Waals surface area contributed by atoms with Crippen molar-refractivity contribution < 1.29 is 80.2 Å². The van der Waals surface area contributed by atoms with Gasteiger partial charge in [-0.1, -0.05) is 472 Å². The van der Waals surface area contributed by atoms with Crippen molar-refractivity contribution in [2.75, 3.05) is 39.6 Å². The van der Waals surface area contributed by atoms with Crippen LogP contribution in [0.3, 0.4) is 0 Å². The van der Waals surface area contributed by atoms with E-state index in [-0.39, 0.29) is 25.7 Å². The van der Waals surface area contributed by atoms with Crippen molar-refractivity contribution in [1.82, 2.24) is 0 Å². The van der Waals surface area contributed by atoms with Gasteiger partial charge in [-0.15, -0.1) is 0 Å². The Hall–Kier alpha value is -1.94. The van der Waals surface area contributed by atoms with E-state index >= 15 is 0 Å². The molecule has 0 aliphatic heterocycles. The molecule has 0 aromatic heterocycles. The highest BCUT2D eigenvalue weighted by molar-refractivity contribution is 7.47. The Morgan fingerprint density at radius 2 is 0.440 bits per heavy atom. The summed E-state index contributed by atoms with van der Waals surface area (Å²) in [5.74, 6) is 0.328. The molecule has 0 saturated heterocycles.